The van der Waals surface area contributed by atoms with Crippen LogP contribution in [0.1, 0.15) is 28.7 Å². The second-order valence-corrected chi connectivity index (χ2v) is 5.43. The van der Waals surface area contributed by atoms with E-state index in [1.54, 1.807) is 0 Å². The number of anilines is 1. The molecule has 2 nitrogen and oxygen atoms in total. The molecule has 0 radical (unpaired) electrons. The molecule has 20 heavy (non-hydrogen) atoms. The van der Waals surface area contributed by atoms with Gasteiger partial charge < -0.3 is 4.90 Å². The molecule has 1 aliphatic rings. The van der Waals surface area contributed by atoms with Crippen LogP contribution in [0.15, 0.2) is 42.5 Å². The standard InChI is InChI=1S/C18H18N2/c1-14-8-9-18(17(11-14)12-19)20-10-4-7-15-5-2-3-6-16(15)13-20/h2-3,5-6,8-9,11H,4,7,10,13H2,1H3. The van der Waals surface area contributed by atoms with E-state index in [4.69, 9.17) is 0 Å². The van der Waals surface area contributed by atoms with Crippen LogP contribution >= 0.6 is 0 Å². The van der Waals surface area contributed by atoms with Crippen molar-refractivity contribution < 1.29 is 0 Å². The van der Waals surface area contributed by atoms with Crippen molar-refractivity contribution in [2.75, 3.05) is 11.4 Å². The van der Waals surface area contributed by atoms with Gasteiger partial charge in [-0.05, 0) is 48.6 Å². The normalized spacial score (nSPS) is 14.3. The van der Waals surface area contributed by atoms with E-state index in [-0.39, 0.29) is 0 Å². The lowest BCUT2D eigenvalue weighted by molar-refractivity contribution is 0.765. The molecule has 2 aromatic rings. The third-order valence-corrected chi connectivity index (χ3v) is 3.97. The maximum absolute atomic E-state index is 9.36. The van der Waals surface area contributed by atoms with E-state index in [2.05, 4.69) is 47.4 Å². The number of hydrogen-bond donors (Lipinski definition) is 0. The fourth-order valence-electron chi connectivity index (χ4n) is 2.92. The molecule has 2 heteroatoms. The highest BCUT2D eigenvalue weighted by Crippen LogP contribution is 2.27. The van der Waals surface area contributed by atoms with E-state index < -0.39 is 0 Å². The third kappa shape index (κ3) is 2.40. The van der Waals surface area contributed by atoms with Gasteiger partial charge >= 0.3 is 0 Å². The third-order valence-electron chi connectivity index (χ3n) is 3.97. The SMILES string of the molecule is Cc1ccc(N2CCCc3ccccc3C2)c(C#N)c1. The van der Waals surface area contributed by atoms with Gasteiger partial charge in [0.15, 0.2) is 0 Å². The predicted molar refractivity (Wildman–Crippen MR) is 81.7 cm³/mol. The average molecular weight is 262 g/mol. The van der Waals surface area contributed by atoms with Crippen molar-refractivity contribution in [2.24, 2.45) is 0 Å². The number of nitrogens with zero attached hydrogens (tertiary/aromatic N) is 2. The van der Waals surface area contributed by atoms with Crippen LogP contribution in [-0.2, 0) is 13.0 Å². The molecular formula is C18H18N2. The van der Waals surface area contributed by atoms with E-state index in [0.29, 0.717) is 0 Å². The first-order valence-electron chi connectivity index (χ1n) is 7.10. The summed E-state index contributed by atoms with van der Waals surface area (Å²) < 4.78 is 0. The molecule has 2 aromatic carbocycles. The zero-order chi connectivity index (χ0) is 13.9. The molecule has 0 aromatic heterocycles. The summed E-state index contributed by atoms with van der Waals surface area (Å²) in [6.07, 6.45) is 2.26. The molecule has 1 aliphatic heterocycles. The first-order valence-corrected chi connectivity index (χ1v) is 7.10. The molecule has 0 fully saturated rings. The van der Waals surface area contributed by atoms with E-state index >= 15 is 0 Å². The van der Waals surface area contributed by atoms with Crippen molar-refractivity contribution in [3.8, 4) is 6.07 Å². The van der Waals surface area contributed by atoms with Crippen LogP contribution < -0.4 is 4.90 Å². The van der Waals surface area contributed by atoms with Crippen LogP contribution in [0.2, 0.25) is 0 Å². The van der Waals surface area contributed by atoms with Crippen molar-refractivity contribution in [1.29, 1.82) is 5.26 Å². The van der Waals surface area contributed by atoms with E-state index in [1.165, 1.54) is 11.1 Å². The maximum Gasteiger partial charge on any atom is 0.101 e. The molecule has 0 bridgehead atoms. The fourth-order valence-corrected chi connectivity index (χ4v) is 2.92. The zero-order valence-electron chi connectivity index (χ0n) is 11.8. The van der Waals surface area contributed by atoms with Crippen molar-refractivity contribution in [1.82, 2.24) is 0 Å². The van der Waals surface area contributed by atoms with Crippen LogP contribution in [0, 0.1) is 18.3 Å². The Hall–Kier alpha value is -2.27. The highest BCUT2D eigenvalue weighted by molar-refractivity contribution is 5.61. The van der Waals surface area contributed by atoms with Crippen LogP contribution in [-0.4, -0.2) is 6.54 Å². The topological polar surface area (TPSA) is 27.0 Å². The van der Waals surface area contributed by atoms with Gasteiger partial charge in [-0.1, -0.05) is 30.3 Å². The van der Waals surface area contributed by atoms with Gasteiger partial charge in [-0.3, -0.25) is 0 Å². The zero-order valence-corrected chi connectivity index (χ0v) is 11.8. The highest BCUT2D eigenvalue weighted by atomic mass is 15.1. The van der Waals surface area contributed by atoms with Crippen LogP contribution in [0.4, 0.5) is 5.69 Å². The summed E-state index contributed by atoms with van der Waals surface area (Å²) in [6.45, 7) is 3.93. The summed E-state index contributed by atoms with van der Waals surface area (Å²) >= 11 is 0. The first-order chi connectivity index (χ1) is 9.78. The quantitative estimate of drug-likeness (QED) is 0.781. The average Bonchev–Trinajstić information content (AvgIpc) is 2.69. The van der Waals surface area contributed by atoms with E-state index in [1.807, 2.05) is 13.0 Å². The smallest absolute Gasteiger partial charge is 0.101 e. The molecule has 0 atom stereocenters. The molecule has 0 N–H and O–H groups in total. The lowest BCUT2D eigenvalue weighted by atomic mass is 10.0. The molecule has 0 saturated carbocycles. The first kappa shape index (κ1) is 12.7. The minimum Gasteiger partial charge on any atom is -0.366 e. The molecule has 0 aliphatic carbocycles. The Balaban J connectivity index is 1.98. The molecular weight excluding hydrogens is 244 g/mol. The van der Waals surface area contributed by atoms with E-state index in [9.17, 15) is 5.26 Å². The van der Waals surface area contributed by atoms with Gasteiger partial charge in [-0.2, -0.15) is 5.26 Å². The number of nitriles is 1. The van der Waals surface area contributed by atoms with Crippen molar-refractivity contribution >= 4 is 5.69 Å². The summed E-state index contributed by atoms with van der Waals surface area (Å²) in [5, 5.41) is 9.36. The Kier molecular flexibility index (Phi) is 3.43. The van der Waals surface area contributed by atoms with Gasteiger partial charge in [0.25, 0.3) is 0 Å². The van der Waals surface area contributed by atoms with Crippen molar-refractivity contribution in [3.05, 3.63) is 64.7 Å². The molecule has 0 amide bonds. The van der Waals surface area contributed by atoms with Crippen molar-refractivity contribution in [2.45, 2.75) is 26.3 Å². The molecule has 100 valence electrons. The summed E-state index contributed by atoms with van der Waals surface area (Å²) in [6, 6.07) is 17.1. The van der Waals surface area contributed by atoms with Crippen LogP contribution in [0.25, 0.3) is 0 Å². The number of rotatable bonds is 1. The monoisotopic (exact) mass is 262 g/mol. The second kappa shape index (κ2) is 5.38. The van der Waals surface area contributed by atoms with Gasteiger partial charge in [-0.15, -0.1) is 0 Å². The fraction of sp³-hybridized carbons (Fsp3) is 0.278. The van der Waals surface area contributed by atoms with Gasteiger partial charge in [0.1, 0.15) is 6.07 Å². The Morgan fingerprint density at radius 2 is 1.90 bits per heavy atom. The van der Waals surface area contributed by atoms with Crippen LogP contribution in [0.3, 0.4) is 0 Å². The summed E-state index contributed by atoms with van der Waals surface area (Å²) in [5.41, 5.74) is 5.81. The lowest BCUT2D eigenvalue weighted by Gasteiger charge is -2.24. The summed E-state index contributed by atoms with van der Waals surface area (Å²) in [7, 11) is 0. The molecule has 0 saturated heterocycles. The highest BCUT2D eigenvalue weighted by Gasteiger charge is 2.16. The Labute approximate surface area is 120 Å². The minimum absolute atomic E-state index is 0.782. The maximum atomic E-state index is 9.36. The minimum atomic E-state index is 0.782. The number of fused-ring (bicyclic) bond motifs is 1. The van der Waals surface area contributed by atoms with Crippen molar-refractivity contribution in [3.63, 3.8) is 0 Å². The van der Waals surface area contributed by atoms with Gasteiger partial charge in [0.05, 0.1) is 11.3 Å². The Morgan fingerprint density at radius 3 is 2.70 bits per heavy atom. The molecule has 3 rings (SSSR count). The van der Waals surface area contributed by atoms with E-state index in [0.717, 1.165) is 42.7 Å². The Bertz CT molecular complexity index is 667. The number of benzene rings is 2. The lowest BCUT2D eigenvalue weighted by Crippen LogP contribution is -2.23. The van der Waals surface area contributed by atoms with Gasteiger partial charge in [0.2, 0.25) is 0 Å². The molecule has 0 unspecified atom stereocenters. The van der Waals surface area contributed by atoms with Gasteiger partial charge in [0, 0.05) is 13.1 Å². The Morgan fingerprint density at radius 1 is 1.10 bits per heavy atom. The van der Waals surface area contributed by atoms with Gasteiger partial charge in [-0.25, -0.2) is 0 Å². The molecule has 1 heterocycles. The predicted octanol–water partition coefficient (Wildman–Crippen LogP) is 3.82. The summed E-state index contributed by atoms with van der Waals surface area (Å²) in [5.74, 6) is 0. The molecule has 0 spiro atoms. The van der Waals surface area contributed by atoms with Crippen LogP contribution in [0.5, 0.6) is 0 Å². The number of aryl methyl sites for hydroxylation is 2. The second-order valence-electron chi connectivity index (χ2n) is 5.43. The largest absolute Gasteiger partial charge is 0.366 e. The number of hydrogen-bond acceptors (Lipinski definition) is 2. The summed E-state index contributed by atoms with van der Waals surface area (Å²) in [4.78, 5) is 2.34.